The predicted octanol–water partition coefficient (Wildman–Crippen LogP) is 6.43. The van der Waals surface area contributed by atoms with Crippen LogP contribution < -0.4 is 0 Å². The second kappa shape index (κ2) is 8.29. The van der Waals surface area contributed by atoms with E-state index in [4.69, 9.17) is 9.41 Å². The summed E-state index contributed by atoms with van der Waals surface area (Å²) in [6.07, 6.45) is 4.96. The average Bonchev–Trinajstić information content (AvgIpc) is 3.44. The van der Waals surface area contributed by atoms with Gasteiger partial charge >= 0.3 is 0 Å². The maximum Gasteiger partial charge on any atom is 0.181 e. The number of nitrogens with zero attached hydrogens (tertiary/aromatic N) is 4. The van der Waals surface area contributed by atoms with Gasteiger partial charge in [0, 0.05) is 21.2 Å². The summed E-state index contributed by atoms with van der Waals surface area (Å²) < 4.78 is 8.69. The first kappa shape index (κ1) is 21.6. The molecule has 3 heterocycles. The number of rotatable bonds is 2. The Bertz CT molecular complexity index is 1440. The van der Waals surface area contributed by atoms with Crippen LogP contribution in [0.15, 0.2) is 75.3 Å². The topological polar surface area (TPSA) is 56.2 Å². The number of aromatic nitrogens is 3. The minimum Gasteiger partial charge on any atom is -0.442 e. The largest absolute Gasteiger partial charge is 0.442 e. The van der Waals surface area contributed by atoms with E-state index in [9.17, 15) is 0 Å². The first-order valence-electron chi connectivity index (χ1n) is 10.8. The van der Waals surface area contributed by atoms with Crippen molar-refractivity contribution in [2.24, 2.45) is 4.99 Å². The minimum atomic E-state index is -1.50. The Kier molecular flexibility index (Phi) is 5.43. The van der Waals surface area contributed by atoms with E-state index in [0.29, 0.717) is 5.76 Å². The van der Waals surface area contributed by atoms with Gasteiger partial charge in [0.1, 0.15) is 20.1 Å². The standard InChI is InChI=1S/C26H23BrN4OSi/c1-17-26-25(23-14-28-16-32-23)29-15-31(26)22-10-9-18(11-12-33(2,3)4)13-20(22)24(30-17)19-7-5-6-8-21(19)27/h5-10,13-17H,1-4H3/t17-/m1/s1. The van der Waals surface area contributed by atoms with Gasteiger partial charge < -0.3 is 4.42 Å². The number of oxazole rings is 1. The second-order valence-electron chi connectivity index (χ2n) is 9.08. The second-order valence-corrected chi connectivity index (χ2v) is 14.7. The Hall–Kier alpha value is -3.21. The van der Waals surface area contributed by atoms with E-state index >= 15 is 0 Å². The van der Waals surface area contributed by atoms with Crippen LogP contribution in [-0.4, -0.2) is 28.3 Å². The zero-order valence-corrected chi connectivity index (χ0v) is 21.5. The van der Waals surface area contributed by atoms with Crippen LogP contribution in [0.4, 0.5) is 0 Å². The summed E-state index contributed by atoms with van der Waals surface area (Å²) in [7, 11) is -1.50. The lowest BCUT2D eigenvalue weighted by Gasteiger charge is -2.13. The van der Waals surface area contributed by atoms with E-state index in [2.05, 4.69) is 92.8 Å². The Morgan fingerprint density at radius 1 is 1.09 bits per heavy atom. The molecule has 5 nitrogen and oxygen atoms in total. The Balaban J connectivity index is 1.78. The molecule has 2 aromatic heterocycles. The highest BCUT2D eigenvalue weighted by atomic mass is 79.9. The van der Waals surface area contributed by atoms with E-state index in [1.807, 2.05) is 24.5 Å². The lowest BCUT2D eigenvalue weighted by atomic mass is 9.98. The van der Waals surface area contributed by atoms with Gasteiger partial charge in [-0.25, -0.2) is 9.97 Å². The molecule has 0 unspecified atom stereocenters. The summed E-state index contributed by atoms with van der Waals surface area (Å²) in [4.78, 5) is 13.9. The summed E-state index contributed by atoms with van der Waals surface area (Å²) in [5.41, 5.74) is 10.2. The van der Waals surface area contributed by atoms with Gasteiger partial charge in [-0.2, -0.15) is 0 Å². The molecule has 2 aromatic carbocycles. The van der Waals surface area contributed by atoms with Crippen LogP contribution in [0.2, 0.25) is 19.6 Å². The van der Waals surface area contributed by atoms with E-state index in [0.717, 1.165) is 44.0 Å². The molecule has 33 heavy (non-hydrogen) atoms. The molecule has 0 aliphatic carbocycles. The molecule has 5 rings (SSSR count). The molecule has 1 aliphatic heterocycles. The van der Waals surface area contributed by atoms with Crippen molar-refractivity contribution in [1.29, 1.82) is 0 Å². The van der Waals surface area contributed by atoms with Gasteiger partial charge in [-0.05, 0) is 31.2 Å². The first-order valence-corrected chi connectivity index (χ1v) is 15.1. The summed E-state index contributed by atoms with van der Waals surface area (Å²) in [6.45, 7) is 8.84. The number of hydrogen-bond acceptors (Lipinski definition) is 4. The van der Waals surface area contributed by atoms with Gasteiger partial charge in [0.15, 0.2) is 12.2 Å². The Labute approximate surface area is 202 Å². The van der Waals surface area contributed by atoms with Crippen LogP contribution in [-0.2, 0) is 0 Å². The van der Waals surface area contributed by atoms with Gasteiger partial charge in [-0.3, -0.25) is 9.56 Å². The summed E-state index contributed by atoms with van der Waals surface area (Å²) in [5.74, 6) is 4.04. The van der Waals surface area contributed by atoms with Crippen LogP contribution in [0.5, 0.6) is 0 Å². The number of hydrogen-bond donors (Lipinski definition) is 0. The van der Waals surface area contributed by atoms with Crippen molar-refractivity contribution in [3.05, 3.63) is 88.2 Å². The van der Waals surface area contributed by atoms with Gasteiger partial charge in [-0.1, -0.05) is 59.7 Å². The van der Waals surface area contributed by atoms with Crippen LogP contribution in [0.25, 0.3) is 17.1 Å². The van der Waals surface area contributed by atoms with Crippen molar-refractivity contribution < 1.29 is 4.42 Å². The van der Waals surface area contributed by atoms with Gasteiger partial charge in [0.25, 0.3) is 0 Å². The van der Waals surface area contributed by atoms with Gasteiger partial charge in [-0.15, -0.1) is 5.54 Å². The monoisotopic (exact) mass is 514 g/mol. The third-order valence-corrected chi connectivity index (χ3v) is 6.98. The molecule has 7 heteroatoms. The predicted molar refractivity (Wildman–Crippen MR) is 137 cm³/mol. The van der Waals surface area contributed by atoms with Crippen molar-refractivity contribution in [3.8, 4) is 28.6 Å². The molecule has 0 spiro atoms. The van der Waals surface area contributed by atoms with Crippen molar-refractivity contribution in [2.75, 3.05) is 0 Å². The average molecular weight is 515 g/mol. The summed E-state index contributed by atoms with van der Waals surface area (Å²) in [6, 6.07) is 14.4. The quantitative estimate of drug-likeness (QED) is 0.228. The SMILES string of the molecule is C[C@H]1N=C(c2ccccc2Br)c2cc(C#C[Si](C)(C)C)ccc2-n2cnc(-c3cnco3)c21. The maximum atomic E-state index is 5.58. The molecule has 0 radical (unpaired) electrons. The normalized spacial score (nSPS) is 15.1. The number of fused-ring (bicyclic) bond motifs is 3. The van der Waals surface area contributed by atoms with E-state index in [-0.39, 0.29) is 6.04 Å². The molecule has 0 amide bonds. The molecular weight excluding hydrogens is 492 g/mol. The molecule has 164 valence electrons. The van der Waals surface area contributed by atoms with Crippen LogP contribution in [0, 0.1) is 11.5 Å². The fourth-order valence-corrected chi connectivity index (χ4v) is 4.93. The summed E-state index contributed by atoms with van der Waals surface area (Å²) in [5, 5.41) is 0. The zero-order chi connectivity index (χ0) is 23.2. The molecule has 0 N–H and O–H groups in total. The molecule has 1 atom stereocenters. The van der Waals surface area contributed by atoms with E-state index < -0.39 is 8.07 Å². The fourth-order valence-electron chi connectivity index (χ4n) is 3.94. The number of benzene rings is 2. The van der Waals surface area contributed by atoms with Crippen molar-refractivity contribution in [1.82, 2.24) is 14.5 Å². The molecule has 0 fully saturated rings. The molecule has 4 aromatic rings. The van der Waals surface area contributed by atoms with Crippen LogP contribution in [0.3, 0.4) is 0 Å². The Morgan fingerprint density at radius 2 is 1.91 bits per heavy atom. The molecule has 1 aliphatic rings. The lowest BCUT2D eigenvalue weighted by Crippen LogP contribution is -2.16. The number of halogens is 1. The molecular formula is C26H23BrN4OSi. The van der Waals surface area contributed by atoms with Gasteiger partial charge in [0.2, 0.25) is 0 Å². The fraction of sp³-hybridized carbons (Fsp3) is 0.192. The van der Waals surface area contributed by atoms with Gasteiger partial charge in [0.05, 0.1) is 29.3 Å². The number of imidazole rings is 1. The highest BCUT2D eigenvalue weighted by Crippen LogP contribution is 2.37. The van der Waals surface area contributed by atoms with Crippen LogP contribution in [0.1, 0.15) is 35.3 Å². The van der Waals surface area contributed by atoms with Crippen molar-refractivity contribution in [3.63, 3.8) is 0 Å². The highest BCUT2D eigenvalue weighted by Gasteiger charge is 2.28. The molecule has 0 saturated heterocycles. The van der Waals surface area contributed by atoms with E-state index in [1.54, 1.807) is 6.20 Å². The van der Waals surface area contributed by atoms with Crippen molar-refractivity contribution >= 4 is 29.7 Å². The third kappa shape index (κ3) is 4.12. The third-order valence-electron chi connectivity index (χ3n) is 5.41. The zero-order valence-electron chi connectivity index (χ0n) is 18.9. The number of aliphatic imine (C=N–C) groups is 1. The molecule has 0 saturated carbocycles. The van der Waals surface area contributed by atoms with Crippen molar-refractivity contribution in [2.45, 2.75) is 32.6 Å². The minimum absolute atomic E-state index is 0.154. The molecule has 0 bridgehead atoms. The maximum absolute atomic E-state index is 5.58. The van der Waals surface area contributed by atoms with Crippen LogP contribution >= 0.6 is 15.9 Å². The highest BCUT2D eigenvalue weighted by molar-refractivity contribution is 9.10. The van der Waals surface area contributed by atoms with E-state index in [1.165, 1.54) is 6.39 Å². The lowest BCUT2D eigenvalue weighted by molar-refractivity contribution is 0.568. The Morgan fingerprint density at radius 3 is 2.64 bits per heavy atom. The first-order chi connectivity index (χ1) is 15.8. The summed E-state index contributed by atoms with van der Waals surface area (Å²) >= 11 is 3.73. The smallest absolute Gasteiger partial charge is 0.181 e.